The molecule has 3 N–H and O–H groups in total. The van der Waals surface area contributed by atoms with E-state index in [2.05, 4.69) is 37.2 Å². The largest absolute Gasteiger partial charge is 0.390 e. The van der Waals surface area contributed by atoms with Gasteiger partial charge in [0.15, 0.2) is 0 Å². The van der Waals surface area contributed by atoms with Crippen LogP contribution in [0, 0.1) is 23.7 Å². The molecule has 3 nitrogen and oxygen atoms in total. The van der Waals surface area contributed by atoms with E-state index >= 15 is 0 Å². The maximum absolute atomic E-state index is 9.75. The van der Waals surface area contributed by atoms with Crippen LogP contribution >= 0.6 is 0 Å². The van der Waals surface area contributed by atoms with Crippen molar-refractivity contribution in [2.24, 2.45) is 0 Å². The summed E-state index contributed by atoms with van der Waals surface area (Å²) < 4.78 is 0. The Labute approximate surface area is 122 Å². The lowest BCUT2D eigenvalue weighted by molar-refractivity contribution is 0.0165. The van der Waals surface area contributed by atoms with E-state index in [1.165, 1.54) is 25.3 Å². The minimum atomic E-state index is -0.872. The summed E-state index contributed by atoms with van der Waals surface area (Å²) in [5.41, 5.74) is 0. The maximum atomic E-state index is 9.75. The Hall–Kier alpha value is -1.26. The molecule has 0 spiro atoms. The molecule has 0 bridgehead atoms. The summed E-state index contributed by atoms with van der Waals surface area (Å²) in [6.07, 6.45) is 5.29. The van der Waals surface area contributed by atoms with Crippen LogP contribution < -0.4 is 0 Å². The number of unbranched alkanes of at least 4 members (excludes halogenated alkanes) is 4. The van der Waals surface area contributed by atoms with Gasteiger partial charge in [0, 0.05) is 6.42 Å². The summed E-state index contributed by atoms with van der Waals surface area (Å²) in [5, 5.41) is 28.5. The lowest BCUT2D eigenvalue weighted by Crippen LogP contribution is -2.25. The monoisotopic (exact) mass is 278 g/mol. The summed E-state index contributed by atoms with van der Waals surface area (Å²) in [7, 11) is 0. The normalized spacial score (nSPS) is 14.2. The molecule has 0 saturated heterocycles. The first kappa shape index (κ1) is 18.7. The Morgan fingerprint density at radius 1 is 1.00 bits per heavy atom. The molecule has 0 saturated carbocycles. The predicted octanol–water partition coefficient (Wildman–Crippen LogP) is 2.01. The first-order chi connectivity index (χ1) is 9.61. The van der Waals surface area contributed by atoms with Crippen LogP contribution in [0.15, 0.2) is 12.7 Å². The highest BCUT2D eigenvalue weighted by molar-refractivity contribution is 5.28. The highest BCUT2D eigenvalue weighted by Gasteiger charge is 2.14. The molecular weight excluding hydrogens is 252 g/mol. The van der Waals surface area contributed by atoms with E-state index in [9.17, 15) is 10.2 Å². The number of aliphatic hydroxyl groups excluding tert-OH is 3. The molecule has 0 aromatic carbocycles. The number of hydrogen-bond donors (Lipinski definition) is 3. The topological polar surface area (TPSA) is 60.7 Å². The summed E-state index contributed by atoms with van der Waals surface area (Å²) in [6.45, 7) is 5.55. The van der Waals surface area contributed by atoms with Gasteiger partial charge in [-0.25, -0.2) is 0 Å². The third-order valence-corrected chi connectivity index (χ3v) is 2.95. The second-order valence-electron chi connectivity index (χ2n) is 4.79. The van der Waals surface area contributed by atoms with Gasteiger partial charge in [-0.2, -0.15) is 0 Å². The first-order valence-corrected chi connectivity index (χ1v) is 7.27. The molecule has 0 aromatic heterocycles. The van der Waals surface area contributed by atoms with E-state index in [1.807, 2.05) is 0 Å². The number of hydrogen-bond acceptors (Lipinski definition) is 3. The van der Waals surface area contributed by atoms with Gasteiger partial charge in [-0.1, -0.05) is 63.5 Å². The summed E-state index contributed by atoms with van der Waals surface area (Å²) >= 11 is 0. The van der Waals surface area contributed by atoms with Crippen molar-refractivity contribution < 1.29 is 15.3 Å². The minimum absolute atomic E-state index is 0.189. The second-order valence-corrected chi connectivity index (χ2v) is 4.79. The van der Waals surface area contributed by atoms with Crippen molar-refractivity contribution in [2.75, 3.05) is 0 Å². The lowest BCUT2D eigenvalue weighted by Gasteiger charge is -2.15. The van der Waals surface area contributed by atoms with Crippen molar-refractivity contribution in [3.63, 3.8) is 0 Å². The average molecular weight is 278 g/mol. The number of aliphatic hydroxyl groups is 3. The van der Waals surface area contributed by atoms with Gasteiger partial charge < -0.3 is 15.3 Å². The average Bonchev–Trinajstić information content (AvgIpc) is 2.45. The fraction of sp³-hybridized carbons (Fsp3) is 0.647. The fourth-order valence-corrected chi connectivity index (χ4v) is 1.65. The minimum Gasteiger partial charge on any atom is -0.390 e. The molecule has 0 radical (unpaired) electrons. The maximum Gasteiger partial charge on any atom is 0.134 e. The van der Waals surface area contributed by atoms with Crippen LogP contribution in [0.2, 0.25) is 0 Å². The van der Waals surface area contributed by atoms with E-state index in [1.54, 1.807) is 0 Å². The van der Waals surface area contributed by atoms with Crippen LogP contribution in [0.1, 0.15) is 51.9 Å². The van der Waals surface area contributed by atoms with E-state index in [-0.39, 0.29) is 6.42 Å². The van der Waals surface area contributed by atoms with E-state index in [0.717, 1.165) is 12.8 Å². The summed E-state index contributed by atoms with van der Waals surface area (Å²) in [6, 6.07) is 0. The molecule has 3 atom stereocenters. The molecule has 0 aliphatic rings. The Balaban J connectivity index is 3.84. The molecule has 20 heavy (non-hydrogen) atoms. The molecular formula is C17H26O3. The quantitative estimate of drug-likeness (QED) is 0.343. The fourth-order valence-electron chi connectivity index (χ4n) is 1.65. The molecule has 0 rings (SSSR count). The third kappa shape index (κ3) is 10.6. The van der Waals surface area contributed by atoms with Gasteiger partial charge in [0.1, 0.15) is 6.10 Å². The van der Waals surface area contributed by atoms with Gasteiger partial charge in [0.25, 0.3) is 0 Å². The van der Waals surface area contributed by atoms with E-state index in [4.69, 9.17) is 5.11 Å². The third-order valence-electron chi connectivity index (χ3n) is 2.95. The van der Waals surface area contributed by atoms with Crippen molar-refractivity contribution in [3.05, 3.63) is 12.7 Å². The van der Waals surface area contributed by atoms with Crippen molar-refractivity contribution in [2.45, 2.75) is 70.2 Å². The molecule has 112 valence electrons. The zero-order chi connectivity index (χ0) is 15.2. The van der Waals surface area contributed by atoms with Crippen LogP contribution in [0.5, 0.6) is 0 Å². The van der Waals surface area contributed by atoms with Gasteiger partial charge in [-0.05, 0) is 18.3 Å². The van der Waals surface area contributed by atoms with Gasteiger partial charge >= 0.3 is 0 Å². The zero-order valence-corrected chi connectivity index (χ0v) is 12.3. The van der Waals surface area contributed by atoms with Crippen molar-refractivity contribution in [1.29, 1.82) is 0 Å². The van der Waals surface area contributed by atoms with Crippen molar-refractivity contribution in [3.8, 4) is 23.7 Å². The first-order valence-electron chi connectivity index (χ1n) is 7.27. The molecule has 0 fully saturated rings. The van der Waals surface area contributed by atoms with Crippen LogP contribution in [-0.4, -0.2) is 33.6 Å². The molecule has 0 aliphatic heterocycles. The molecule has 0 amide bonds. The van der Waals surface area contributed by atoms with Crippen LogP contribution in [0.3, 0.4) is 0 Å². The molecule has 0 aliphatic carbocycles. The summed E-state index contributed by atoms with van der Waals surface area (Å²) in [5.74, 6) is 10.1. The Morgan fingerprint density at radius 2 is 1.70 bits per heavy atom. The van der Waals surface area contributed by atoms with E-state index in [0.29, 0.717) is 6.42 Å². The van der Waals surface area contributed by atoms with Gasteiger partial charge in [-0.15, -0.1) is 0 Å². The van der Waals surface area contributed by atoms with Crippen molar-refractivity contribution >= 4 is 0 Å². The Bertz CT molecular complexity index is 367. The standard InChI is InChI=1S/C17H26O3/c1-3-5-6-7-10-13-16(19)17(20)14-11-8-9-12-15(18)4-2/h4,15-20H,2-3,5-7,10,13-14H2,1H3/t15-,16+,17-/m1/s1. The van der Waals surface area contributed by atoms with Gasteiger partial charge in [0.05, 0.1) is 12.2 Å². The van der Waals surface area contributed by atoms with Gasteiger partial charge in [-0.3, -0.25) is 0 Å². The van der Waals surface area contributed by atoms with Crippen LogP contribution in [-0.2, 0) is 0 Å². The van der Waals surface area contributed by atoms with Crippen molar-refractivity contribution in [1.82, 2.24) is 0 Å². The summed E-state index contributed by atoms with van der Waals surface area (Å²) in [4.78, 5) is 0. The predicted molar refractivity (Wildman–Crippen MR) is 81.8 cm³/mol. The smallest absolute Gasteiger partial charge is 0.134 e. The molecule has 0 unspecified atom stereocenters. The Kier molecular flexibility index (Phi) is 12.0. The zero-order valence-electron chi connectivity index (χ0n) is 12.3. The SMILES string of the molecule is C=C[C@@H](O)C#CC#CC[C@@H](O)[C@@H](O)CCCCCCC. The molecule has 0 aromatic rings. The second kappa shape index (κ2) is 12.8. The molecule has 3 heteroatoms. The lowest BCUT2D eigenvalue weighted by atomic mass is 10.0. The molecule has 0 heterocycles. The highest BCUT2D eigenvalue weighted by Crippen LogP contribution is 2.10. The number of rotatable bonds is 9. The van der Waals surface area contributed by atoms with Crippen LogP contribution in [0.25, 0.3) is 0 Å². The Morgan fingerprint density at radius 3 is 2.35 bits per heavy atom. The van der Waals surface area contributed by atoms with Crippen LogP contribution in [0.4, 0.5) is 0 Å². The highest BCUT2D eigenvalue weighted by atomic mass is 16.3. The van der Waals surface area contributed by atoms with Gasteiger partial charge in [0.2, 0.25) is 0 Å². The van der Waals surface area contributed by atoms with E-state index < -0.39 is 18.3 Å².